The Bertz CT molecular complexity index is 798. The summed E-state index contributed by atoms with van der Waals surface area (Å²) in [7, 11) is -3.09. The zero-order valence-electron chi connectivity index (χ0n) is 13.0. The molecule has 0 saturated heterocycles. The molecule has 1 aromatic heterocycles. The van der Waals surface area contributed by atoms with E-state index in [0.717, 1.165) is 22.9 Å². The molecule has 0 saturated carbocycles. The zero-order valence-corrected chi connectivity index (χ0v) is 13.8. The second-order valence-electron chi connectivity index (χ2n) is 5.65. The molecule has 2 rings (SSSR count). The van der Waals surface area contributed by atoms with E-state index in [0.29, 0.717) is 5.56 Å². The topological polar surface area (TPSA) is 76.1 Å². The Hall–Kier alpha value is -1.95. The smallest absolute Gasteiger partial charge is 0.252 e. The van der Waals surface area contributed by atoms with Gasteiger partial charge in [0.1, 0.15) is 9.84 Å². The number of pyridine rings is 1. The van der Waals surface area contributed by atoms with Gasteiger partial charge in [0.25, 0.3) is 5.91 Å². The van der Waals surface area contributed by atoms with Crippen LogP contribution in [0, 0.1) is 0 Å². The number of hydrogen-bond donors (Lipinski definition) is 1. The van der Waals surface area contributed by atoms with Crippen molar-refractivity contribution in [3.8, 4) is 0 Å². The molecule has 6 heteroatoms. The molecule has 1 amide bonds. The van der Waals surface area contributed by atoms with Crippen molar-refractivity contribution in [3.05, 3.63) is 41.6 Å². The normalized spacial score (nSPS) is 11.8. The van der Waals surface area contributed by atoms with Crippen molar-refractivity contribution in [2.45, 2.75) is 19.8 Å². The number of amides is 1. The quantitative estimate of drug-likeness (QED) is 0.915. The van der Waals surface area contributed by atoms with E-state index in [9.17, 15) is 13.2 Å². The van der Waals surface area contributed by atoms with Gasteiger partial charge in [-0.1, -0.05) is 32.0 Å². The van der Waals surface area contributed by atoms with E-state index in [1.54, 1.807) is 6.07 Å². The van der Waals surface area contributed by atoms with Gasteiger partial charge in [0.2, 0.25) is 0 Å². The molecule has 0 aliphatic carbocycles. The van der Waals surface area contributed by atoms with Crippen LogP contribution in [0.2, 0.25) is 0 Å². The Morgan fingerprint density at radius 2 is 1.95 bits per heavy atom. The molecule has 0 atom stereocenters. The number of carbonyl (C=O) groups is 1. The molecular weight excluding hydrogens is 300 g/mol. The molecule has 0 spiro atoms. The lowest BCUT2D eigenvalue weighted by molar-refractivity contribution is 0.0957. The van der Waals surface area contributed by atoms with E-state index in [4.69, 9.17) is 0 Å². The van der Waals surface area contributed by atoms with Gasteiger partial charge in [0.15, 0.2) is 0 Å². The van der Waals surface area contributed by atoms with E-state index in [1.807, 2.05) is 38.1 Å². The van der Waals surface area contributed by atoms with Crippen molar-refractivity contribution in [2.24, 2.45) is 0 Å². The molecule has 2 aromatic rings. The van der Waals surface area contributed by atoms with Crippen LogP contribution in [0.15, 0.2) is 30.3 Å². The van der Waals surface area contributed by atoms with Gasteiger partial charge >= 0.3 is 0 Å². The number of carbonyl (C=O) groups excluding carboxylic acids is 1. The van der Waals surface area contributed by atoms with Crippen LogP contribution in [-0.2, 0) is 9.84 Å². The summed E-state index contributed by atoms with van der Waals surface area (Å²) in [5.74, 6) is -0.143. The van der Waals surface area contributed by atoms with Crippen molar-refractivity contribution in [3.63, 3.8) is 0 Å². The van der Waals surface area contributed by atoms with E-state index in [2.05, 4.69) is 10.3 Å². The Labute approximate surface area is 130 Å². The van der Waals surface area contributed by atoms with Crippen LogP contribution in [0.1, 0.15) is 35.8 Å². The van der Waals surface area contributed by atoms with E-state index < -0.39 is 9.84 Å². The molecule has 1 aromatic carbocycles. The molecule has 0 bridgehead atoms. The monoisotopic (exact) mass is 320 g/mol. The highest BCUT2D eigenvalue weighted by Gasteiger charge is 2.14. The molecule has 0 aliphatic rings. The SMILES string of the molecule is CC(C)c1cc(C(=O)NCCS(C)(=O)=O)c2ccccc2n1. The van der Waals surface area contributed by atoms with Crippen LogP contribution in [-0.4, -0.2) is 37.9 Å². The fourth-order valence-electron chi connectivity index (χ4n) is 2.12. The number of nitrogens with one attached hydrogen (secondary N) is 1. The van der Waals surface area contributed by atoms with Crippen molar-refractivity contribution in [1.29, 1.82) is 0 Å². The van der Waals surface area contributed by atoms with Crippen LogP contribution < -0.4 is 5.32 Å². The minimum Gasteiger partial charge on any atom is -0.351 e. The second-order valence-corrected chi connectivity index (χ2v) is 7.91. The van der Waals surface area contributed by atoms with Gasteiger partial charge in [0, 0.05) is 23.9 Å². The highest BCUT2D eigenvalue weighted by Crippen LogP contribution is 2.22. The third kappa shape index (κ3) is 4.04. The lowest BCUT2D eigenvalue weighted by Gasteiger charge is -2.12. The maximum atomic E-state index is 12.4. The predicted molar refractivity (Wildman–Crippen MR) is 87.9 cm³/mol. The molecule has 0 radical (unpaired) electrons. The van der Waals surface area contributed by atoms with Gasteiger partial charge in [-0.3, -0.25) is 9.78 Å². The van der Waals surface area contributed by atoms with Gasteiger partial charge in [-0.15, -0.1) is 0 Å². The first-order valence-corrected chi connectivity index (χ1v) is 9.19. The Kier molecular flexibility index (Phi) is 4.81. The molecular formula is C16H20N2O3S. The molecule has 0 fully saturated rings. The molecule has 5 nitrogen and oxygen atoms in total. The van der Waals surface area contributed by atoms with Gasteiger partial charge < -0.3 is 5.32 Å². The first-order valence-electron chi connectivity index (χ1n) is 7.13. The van der Waals surface area contributed by atoms with Crippen molar-refractivity contribution in [2.75, 3.05) is 18.6 Å². The Morgan fingerprint density at radius 3 is 2.59 bits per heavy atom. The highest BCUT2D eigenvalue weighted by molar-refractivity contribution is 7.90. The first kappa shape index (κ1) is 16.4. The van der Waals surface area contributed by atoms with Crippen LogP contribution in [0.4, 0.5) is 0 Å². The summed E-state index contributed by atoms with van der Waals surface area (Å²) in [5.41, 5.74) is 2.14. The number of sulfone groups is 1. The second kappa shape index (κ2) is 6.44. The van der Waals surface area contributed by atoms with E-state index in [-0.39, 0.29) is 24.1 Å². The largest absolute Gasteiger partial charge is 0.351 e. The standard InChI is InChI=1S/C16H20N2O3S/c1-11(2)15-10-13(12-6-4-5-7-14(12)18-15)16(19)17-8-9-22(3,20)21/h4-7,10-11H,8-9H2,1-3H3,(H,17,19). The fourth-order valence-corrected chi connectivity index (χ4v) is 2.60. The van der Waals surface area contributed by atoms with Crippen LogP contribution in [0.25, 0.3) is 10.9 Å². The Morgan fingerprint density at radius 1 is 1.27 bits per heavy atom. The molecule has 0 unspecified atom stereocenters. The van der Waals surface area contributed by atoms with Gasteiger partial charge in [0.05, 0.1) is 16.8 Å². The van der Waals surface area contributed by atoms with E-state index >= 15 is 0 Å². The molecule has 22 heavy (non-hydrogen) atoms. The average molecular weight is 320 g/mol. The number of para-hydroxylation sites is 1. The van der Waals surface area contributed by atoms with Gasteiger partial charge in [-0.25, -0.2) is 8.42 Å². The highest BCUT2D eigenvalue weighted by atomic mass is 32.2. The number of rotatable bonds is 5. The summed E-state index contributed by atoms with van der Waals surface area (Å²) in [6.45, 7) is 4.14. The third-order valence-electron chi connectivity index (χ3n) is 3.33. The summed E-state index contributed by atoms with van der Waals surface area (Å²) in [6.07, 6.45) is 1.15. The van der Waals surface area contributed by atoms with Gasteiger partial charge in [-0.2, -0.15) is 0 Å². The number of fused-ring (bicyclic) bond motifs is 1. The minimum absolute atomic E-state index is 0.0706. The van der Waals surface area contributed by atoms with Crippen molar-refractivity contribution < 1.29 is 13.2 Å². The summed E-state index contributed by atoms with van der Waals surface area (Å²) in [4.78, 5) is 16.9. The average Bonchev–Trinajstić information content (AvgIpc) is 2.44. The minimum atomic E-state index is -3.09. The predicted octanol–water partition coefficient (Wildman–Crippen LogP) is 2.13. The number of aromatic nitrogens is 1. The Balaban J connectivity index is 2.34. The van der Waals surface area contributed by atoms with Crippen LogP contribution in [0.5, 0.6) is 0 Å². The van der Waals surface area contributed by atoms with Crippen molar-refractivity contribution in [1.82, 2.24) is 10.3 Å². The fraction of sp³-hybridized carbons (Fsp3) is 0.375. The van der Waals surface area contributed by atoms with E-state index in [1.165, 1.54) is 0 Å². The first-order chi connectivity index (χ1) is 10.3. The van der Waals surface area contributed by atoms with Gasteiger partial charge in [-0.05, 0) is 18.1 Å². The molecule has 1 N–H and O–H groups in total. The van der Waals surface area contributed by atoms with Crippen molar-refractivity contribution >= 4 is 26.6 Å². The maximum Gasteiger partial charge on any atom is 0.252 e. The number of benzene rings is 1. The molecule has 118 valence electrons. The molecule has 1 heterocycles. The summed E-state index contributed by atoms with van der Waals surface area (Å²) in [6, 6.07) is 9.23. The summed E-state index contributed by atoms with van der Waals surface area (Å²) < 4.78 is 22.3. The van der Waals surface area contributed by atoms with Crippen LogP contribution in [0.3, 0.4) is 0 Å². The molecule has 0 aliphatic heterocycles. The summed E-state index contributed by atoms with van der Waals surface area (Å²) in [5, 5.41) is 3.44. The maximum absolute atomic E-state index is 12.4. The lowest BCUT2D eigenvalue weighted by atomic mass is 10.0. The third-order valence-corrected chi connectivity index (χ3v) is 4.28. The number of hydrogen-bond acceptors (Lipinski definition) is 4. The number of nitrogens with zero attached hydrogens (tertiary/aromatic N) is 1. The summed E-state index contributed by atoms with van der Waals surface area (Å²) >= 11 is 0. The van der Waals surface area contributed by atoms with Crippen LogP contribution >= 0.6 is 0 Å². The zero-order chi connectivity index (χ0) is 16.3. The lowest BCUT2D eigenvalue weighted by Crippen LogP contribution is -2.29.